The number of rotatable bonds is 3. The summed E-state index contributed by atoms with van der Waals surface area (Å²) in [6.07, 6.45) is -1.93. The summed E-state index contributed by atoms with van der Waals surface area (Å²) in [5, 5.41) is 9.64. The Morgan fingerprint density at radius 3 is 1.87 bits per heavy atom. The van der Waals surface area contributed by atoms with Crippen molar-refractivity contribution in [2.45, 2.75) is 89.4 Å². The lowest BCUT2D eigenvalue weighted by Gasteiger charge is -2.28. The summed E-state index contributed by atoms with van der Waals surface area (Å²) in [4.78, 5) is 0. The van der Waals surface area contributed by atoms with Gasteiger partial charge in [-0.2, -0.15) is 0 Å². The first kappa shape index (κ1) is 17.5. The maximum atomic E-state index is 9.64. The Morgan fingerprint density at radius 2 is 1.30 bits per heavy atom. The van der Waals surface area contributed by atoms with Crippen LogP contribution in [0.5, 0.6) is 0 Å². The molecule has 7 heteroatoms. The second kappa shape index (κ2) is 5.62. The fourth-order valence-electron chi connectivity index (χ4n) is 3.52. The van der Waals surface area contributed by atoms with Crippen LogP contribution in [0.2, 0.25) is 0 Å². The molecule has 0 aromatic rings. The van der Waals surface area contributed by atoms with Crippen molar-refractivity contribution in [1.29, 1.82) is 0 Å². The maximum Gasteiger partial charge on any atom is 0.164 e. The third-order valence-corrected chi connectivity index (χ3v) is 4.29. The molecule has 3 heterocycles. The molecule has 0 saturated carbocycles. The van der Waals surface area contributed by atoms with Gasteiger partial charge in [0.25, 0.3) is 0 Å². The standard InChI is InChI=1S/C16H28O7/c1-14(2)18-8-10(20-14)12-13(23-16(5,6)22-12)11-9(7-17)19-15(3,4)21-11/h9-13,17H,7-8H2,1-6H3/t9-,10+,11+,12+,13+/m0/s1. The van der Waals surface area contributed by atoms with E-state index in [-0.39, 0.29) is 18.8 Å². The van der Waals surface area contributed by atoms with Crippen molar-refractivity contribution in [3.8, 4) is 0 Å². The minimum atomic E-state index is -0.773. The van der Waals surface area contributed by atoms with Gasteiger partial charge < -0.3 is 33.5 Å². The fourth-order valence-corrected chi connectivity index (χ4v) is 3.52. The Bertz CT molecular complexity index is 448. The second-order valence-corrected chi connectivity index (χ2v) is 7.75. The van der Waals surface area contributed by atoms with E-state index in [0.29, 0.717) is 6.61 Å². The number of aliphatic hydroxyl groups is 1. The van der Waals surface area contributed by atoms with Gasteiger partial charge in [0.15, 0.2) is 17.4 Å². The summed E-state index contributed by atoms with van der Waals surface area (Å²) in [5.74, 6) is -2.18. The average Bonchev–Trinajstić information content (AvgIpc) is 3.02. The lowest BCUT2D eigenvalue weighted by molar-refractivity contribution is -0.178. The van der Waals surface area contributed by atoms with Crippen LogP contribution < -0.4 is 0 Å². The highest BCUT2D eigenvalue weighted by Crippen LogP contribution is 2.41. The number of ether oxygens (including phenoxy) is 6. The topological polar surface area (TPSA) is 75.6 Å². The maximum absolute atomic E-state index is 9.64. The summed E-state index contributed by atoms with van der Waals surface area (Å²) in [7, 11) is 0. The molecule has 3 aliphatic rings. The Morgan fingerprint density at radius 1 is 0.739 bits per heavy atom. The molecular weight excluding hydrogens is 304 g/mol. The predicted octanol–water partition coefficient (Wildman–Crippen LogP) is 1.17. The Kier molecular flexibility index (Phi) is 4.29. The van der Waals surface area contributed by atoms with E-state index in [1.165, 1.54) is 0 Å². The second-order valence-electron chi connectivity index (χ2n) is 7.75. The highest BCUT2D eigenvalue weighted by molar-refractivity contribution is 4.99. The molecule has 0 bridgehead atoms. The first-order valence-electron chi connectivity index (χ1n) is 8.16. The van der Waals surface area contributed by atoms with Gasteiger partial charge in [0.05, 0.1) is 13.2 Å². The number of aliphatic hydroxyl groups excluding tert-OH is 1. The molecule has 3 rings (SSSR count). The number of hydrogen-bond acceptors (Lipinski definition) is 7. The molecule has 0 aromatic heterocycles. The molecule has 3 fully saturated rings. The highest BCUT2D eigenvalue weighted by atomic mass is 16.8. The van der Waals surface area contributed by atoms with Crippen LogP contribution in [0.25, 0.3) is 0 Å². The van der Waals surface area contributed by atoms with Gasteiger partial charge in [0, 0.05) is 0 Å². The molecule has 0 radical (unpaired) electrons. The SMILES string of the molecule is CC1(C)O[C@H]([C@@H]2OC(C)(C)O[C@H]2CO)[C@@H]([C@H]2COC(C)(C)O2)O1. The van der Waals surface area contributed by atoms with Crippen LogP contribution in [0.1, 0.15) is 41.5 Å². The molecule has 3 aliphatic heterocycles. The van der Waals surface area contributed by atoms with E-state index >= 15 is 0 Å². The van der Waals surface area contributed by atoms with E-state index in [0.717, 1.165) is 0 Å². The summed E-state index contributed by atoms with van der Waals surface area (Å²) >= 11 is 0. The zero-order chi connectivity index (χ0) is 17.0. The largest absolute Gasteiger partial charge is 0.394 e. The van der Waals surface area contributed by atoms with Crippen molar-refractivity contribution in [3.63, 3.8) is 0 Å². The first-order chi connectivity index (χ1) is 10.5. The normalized spacial score (nSPS) is 44.7. The molecule has 1 N–H and O–H groups in total. The third kappa shape index (κ3) is 3.56. The zero-order valence-corrected chi connectivity index (χ0v) is 14.7. The summed E-state index contributed by atoms with van der Waals surface area (Å²) < 4.78 is 35.5. The van der Waals surface area contributed by atoms with Crippen molar-refractivity contribution in [3.05, 3.63) is 0 Å². The molecule has 5 atom stereocenters. The molecule has 0 amide bonds. The van der Waals surface area contributed by atoms with Gasteiger partial charge in [0.2, 0.25) is 0 Å². The number of hydrogen-bond donors (Lipinski definition) is 1. The highest BCUT2D eigenvalue weighted by Gasteiger charge is 2.57. The van der Waals surface area contributed by atoms with Gasteiger partial charge in [-0.3, -0.25) is 0 Å². The molecule has 0 aromatic carbocycles. The van der Waals surface area contributed by atoms with Gasteiger partial charge in [-0.15, -0.1) is 0 Å². The van der Waals surface area contributed by atoms with Crippen LogP contribution in [0.3, 0.4) is 0 Å². The molecule has 0 aliphatic carbocycles. The lowest BCUT2D eigenvalue weighted by atomic mass is 10.00. The minimum absolute atomic E-state index is 0.144. The zero-order valence-electron chi connectivity index (χ0n) is 14.7. The lowest BCUT2D eigenvalue weighted by Crippen LogP contribution is -2.48. The quantitative estimate of drug-likeness (QED) is 0.831. The van der Waals surface area contributed by atoms with Crippen molar-refractivity contribution in [2.24, 2.45) is 0 Å². The predicted molar refractivity (Wildman–Crippen MR) is 79.6 cm³/mol. The Hall–Kier alpha value is -0.280. The summed E-state index contributed by atoms with van der Waals surface area (Å²) in [6, 6.07) is 0. The van der Waals surface area contributed by atoms with Gasteiger partial charge in [-0.1, -0.05) is 0 Å². The van der Waals surface area contributed by atoms with E-state index < -0.39 is 35.7 Å². The van der Waals surface area contributed by atoms with Gasteiger partial charge in [-0.25, -0.2) is 0 Å². The van der Waals surface area contributed by atoms with Gasteiger partial charge in [0.1, 0.15) is 30.5 Å². The van der Waals surface area contributed by atoms with Gasteiger partial charge >= 0.3 is 0 Å². The van der Waals surface area contributed by atoms with Crippen LogP contribution >= 0.6 is 0 Å². The van der Waals surface area contributed by atoms with Crippen LogP contribution in [-0.4, -0.2) is 66.2 Å². The van der Waals surface area contributed by atoms with E-state index in [2.05, 4.69) is 0 Å². The van der Waals surface area contributed by atoms with E-state index in [1.54, 1.807) is 0 Å². The van der Waals surface area contributed by atoms with Crippen molar-refractivity contribution < 1.29 is 33.5 Å². The average molecular weight is 332 g/mol. The van der Waals surface area contributed by atoms with Crippen LogP contribution in [0.4, 0.5) is 0 Å². The van der Waals surface area contributed by atoms with Crippen molar-refractivity contribution >= 4 is 0 Å². The van der Waals surface area contributed by atoms with E-state index in [4.69, 9.17) is 28.4 Å². The van der Waals surface area contributed by atoms with Gasteiger partial charge in [-0.05, 0) is 41.5 Å². The third-order valence-electron chi connectivity index (χ3n) is 4.29. The van der Waals surface area contributed by atoms with Crippen LogP contribution in [-0.2, 0) is 28.4 Å². The van der Waals surface area contributed by atoms with Crippen molar-refractivity contribution in [2.75, 3.05) is 13.2 Å². The van der Waals surface area contributed by atoms with Crippen LogP contribution in [0, 0.1) is 0 Å². The summed E-state index contributed by atoms with van der Waals surface area (Å²) in [6.45, 7) is 11.4. The molecule has 134 valence electrons. The molecular formula is C16H28O7. The summed E-state index contributed by atoms with van der Waals surface area (Å²) in [5.41, 5.74) is 0. The first-order valence-corrected chi connectivity index (χ1v) is 8.16. The molecule has 3 saturated heterocycles. The minimum Gasteiger partial charge on any atom is -0.394 e. The fraction of sp³-hybridized carbons (Fsp3) is 1.00. The Balaban J connectivity index is 1.81. The smallest absolute Gasteiger partial charge is 0.164 e. The molecule has 23 heavy (non-hydrogen) atoms. The Labute approximate surface area is 137 Å². The van der Waals surface area contributed by atoms with E-state index in [1.807, 2.05) is 41.5 Å². The monoisotopic (exact) mass is 332 g/mol. The van der Waals surface area contributed by atoms with Crippen molar-refractivity contribution in [1.82, 2.24) is 0 Å². The van der Waals surface area contributed by atoms with Crippen LogP contribution in [0.15, 0.2) is 0 Å². The molecule has 0 unspecified atom stereocenters. The molecule has 0 spiro atoms. The van der Waals surface area contributed by atoms with E-state index in [9.17, 15) is 5.11 Å². The molecule has 7 nitrogen and oxygen atoms in total.